The molecule has 0 radical (unpaired) electrons. The van der Waals surface area contributed by atoms with Crippen molar-refractivity contribution in [1.82, 2.24) is 0 Å². The molecule has 1 aliphatic carbocycles. The van der Waals surface area contributed by atoms with E-state index in [4.69, 9.17) is 14.8 Å². The molecular formula is C23H41NO4P+. The monoisotopic (exact) mass is 426 g/mol. The minimum Gasteiger partial charge on any atom is -0.412 e. The Morgan fingerprint density at radius 2 is 1.69 bits per heavy atom. The molecule has 0 aliphatic heterocycles. The van der Waals surface area contributed by atoms with Crippen LogP contribution in [0.25, 0.3) is 0 Å². The maximum absolute atomic E-state index is 8.74. The van der Waals surface area contributed by atoms with Crippen LogP contribution in [0.2, 0.25) is 0 Å². The highest BCUT2D eigenvalue weighted by molar-refractivity contribution is 7.00. The first-order chi connectivity index (χ1) is 13.6. The molecule has 0 spiro atoms. The predicted octanol–water partition coefficient (Wildman–Crippen LogP) is 2.43. The average molecular weight is 427 g/mol. The number of hydrogen-bond donors (Lipinski definition) is 3. The molecular weight excluding hydrogens is 385 g/mol. The van der Waals surface area contributed by atoms with E-state index in [-0.39, 0.29) is 12.1 Å². The van der Waals surface area contributed by atoms with Crippen LogP contribution in [-0.4, -0.2) is 49.0 Å². The summed E-state index contributed by atoms with van der Waals surface area (Å²) in [5.41, 5.74) is 5.49. The molecule has 1 atom stereocenters. The van der Waals surface area contributed by atoms with Gasteiger partial charge in [-0.15, -0.1) is 0 Å². The van der Waals surface area contributed by atoms with Gasteiger partial charge in [-0.1, -0.05) is 42.0 Å². The fourth-order valence-electron chi connectivity index (χ4n) is 3.01. The number of quaternary nitrogens is 1. The van der Waals surface area contributed by atoms with Crippen molar-refractivity contribution in [2.24, 2.45) is 0 Å². The smallest absolute Gasteiger partial charge is 0.138 e. The number of rotatable bonds is 9. The second kappa shape index (κ2) is 19.9. The van der Waals surface area contributed by atoms with Crippen molar-refractivity contribution < 1.29 is 25.2 Å². The van der Waals surface area contributed by atoms with Gasteiger partial charge in [0.05, 0.1) is 20.2 Å². The van der Waals surface area contributed by atoms with E-state index in [0.717, 1.165) is 25.9 Å². The summed E-state index contributed by atoms with van der Waals surface area (Å²) >= 11 is 0. The quantitative estimate of drug-likeness (QED) is 0.530. The number of aryl methyl sites for hydroxylation is 3. The third-order valence-corrected chi connectivity index (χ3v) is 4.87. The number of aliphatic hydroxyl groups excluding tert-OH is 2. The number of aliphatic hydroxyl groups is 2. The van der Waals surface area contributed by atoms with Gasteiger partial charge in [-0.05, 0) is 62.6 Å². The Bertz CT molecular complexity index is 590. The molecule has 166 valence electrons. The van der Waals surface area contributed by atoms with E-state index in [2.05, 4.69) is 57.3 Å². The second-order valence-corrected chi connectivity index (χ2v) is 7.29. The molecule has 1 aromatic carbocycles. The topological polar surface area (TPSA) is 93.5 Å². The van der Waals surface area contributed by atoms with Crippen molar-refractivity contribution in [2.45, 2.75) is 52.4 Å². The Morgan fingerprint density at radius 1 is 0.966 bits per heavy atom. The van der Waals surface area contributed by atoms with Crippen LogP contribution in [0.4, 0.5) is 0 Å². The van der Waals surface area contributed by atoms with E-state index in [1.165, 1.54) is 52.8 Å². The molecule has 0 saturated heterocycles. The van der Waals surface area contributed by atoms with Gasteiger partial charge in [0.25, 0.3) is 0 Å². The molecule has 0 aromatic heterocycles. The van der Waals surface area contributed by atoms with E-state index in [1.807, 2.05) is 0 Å². The number of likely N-dealkylation sites (N-methyl/N-ethyl adjacent to an activating group) is 1. The van der Waals surface area contributed by atoms with Crippen LogP contribution in [0.3, 0.4) is 0 Å². The van der Waals surface area contributed by atoms with Crippen LogP contribution < -0.4 is 4.90 Å². The molecule has 5 N–H and O–H groups in total. The zero-order valence-electron chi connectivity index (χ0n) is 18.3. The first-order valence-corrected chi connectivity index (χ1v) is 10.6. The van der Waals surface area contributed by atoms with Gasteiger partial charge < -0.3 is 20.6 Å². The molecule has 5 nitrogen and oxygen atoms in total. The van der Waals surface area contributed by atoms with Crippen LogP contribution in [0.5, 0.6) is 0 Å². The normalized spacial score (nSPS) is 13.1. The lowest BCUT2D eigenvalue weighted by molar-refractivity contribution is -0.880. The van der Waals surface area contributed by atoms with Crippen molar-refractivity contribution in [2.75, 3.05) is 33.4 Å². The Labute approximate surface area is 179 Å². The Hall–Kier alpha value is -1.36. The van der Waals surface area contributed by atoms with Crippen LogP contribution in [-0.2, 0) is 11.0 Å². The largest absolute Gasteiger partial charge is 0.412 e. The van der Waals surface area contributed by atoms with Crippen molar-refractivity contribution in [3.8, 4) is 0 Å². The Morgan fingerprint density at radius 3 is 2.24 bits per heavy atom. The van der Waals surface area contributed by atoms with Gasteiger partial charge in [0.2, 0.25) is 0 Å². The third-order valence-electron chi connectivity index (χ3n) is 4.87. The summed E-state index contributed by atoms with van der Waals surface area (Å²) in [6.45, 7) is 6.85. The molecule has 1 unspecified atom stereocenters. The van der Waals surface area contributed by atoms with Gasteiger partial charge in [-0.2, -0.15) is 0 Å². The molecule has 2 rings (SSSR count). The van der Waals surface area contributed by atoms with Crippen molar-refractivity contribution in [3.63, 3.8) is 0 Å². The van der Waals surface area contributed by atoms with E-state index >= 15 is 0 Å². The summed E-state index contributed by atoms with van der Waals surface area (Å²) in [6, 6.07) is 6.48. The maximum atomic E-state index is 8.74. The molecule has 0 fully saturated rings. The predicted molar refractivity (Wildman–Crippen MR) is 123 cm³/mol. The second-order valence-electron chi connectivity index (χ2n) is 7.29. The van der Waals surface area contributed by atoms with Gasteiger partial charge in [0.15, 0.2) is 0 Å². The molecule has 0 bridgehead atoms. The number of allylic oxidation sites excluding steroid dienone is 4. The number of nitrogens with one attached hydrogen (secondary N) is 1. The van der Waals surface area contributed by atoms with E-state index < -0.39 is 0 Å². The van der Waals surface area contributed by atoms with Gasteiger partial charge in [-0.25, -0.2) is 0 Å². The molecule has 0 amide bonds. The van der Waals surface area contributed by atoms with Crippen molar-refractivity contribution in [3.05, 3.63) is 58.7 Å². The lowest BCUT2D eigenvalue weighted by Crippen LogP contribution is -3.09. The van der Waals surface area contributed by atoms with E-state index in [1.54, 1.807) is 9.12 Å². The van der Waals surface area contributed by atoms with Gasteiger partial charge in [0.1, 0.15) is 15.7 Å². The highest BCUT2D eigenvalue weighted by Gasteiger charge is 2.02. The van der Waals surface area contributed by atoms with Gasteiger partial charge in [0, 0.05) is 13.0 Å². The van der Waals surface area contributed by atoms with Crippen molar-refractivity contribution in [1.29, 1.82) is 0 Å². The Balaban J connectivity index is 0. The van der Waals surface area contributed by atoms with Crippen LogP contribution >= 0.6 is 9.12 Å². The summed E-state index contributed by atoms with van der Waals surface area (Å²) in [7, 11) is 3.86. The summed E-state index contributed by atoms with van der Waals surface area (Å²) in [5, 5.41) is 17.4. The average Bonchev–Trinajstić information content (AvgIpc) is 2.72. The standard InChI is InChI=1S/C12H21NO.C11H16O.HOP.H2O/c1-13(10-11-14)9-5-8-12-6-3-2-4-7-12;1-9-5-6-11(4-3-7-12)8-10(9)2;1-2;/h3,6-7,14H,2,4-5,8-11H2,1H3;5-6,8,12H,3-4,7H2,1-2H3;2H;1H2/p+1. The lowest BCUT2D eigenvalue weighted by atomic mass is 10.0. The first kappa shape index (κ1) is 29.8. The van der Waals surface area contributed by atoms with Crippen molar-refractivity contribution >= 4 is 9.12 Å². The summed E-state index contributed by atoms with van der Waals surface area (Å²) in [5.74, 6) is 0. The zero-order chi connectivity index (χ0) is 21.2. The molecule has 0 saturated carbocycles. The minimum atomic E-state index is 0. The van der Waals surface area contributed by atoms with E-state index in [0.29, 0.717) is 6.61 Å². The van der Waals surface area contributed by atoms with Crippen LogP contribution in [0, 0.1) is 13.8 Å². The molecule has 0 heterocycles. The molecule has 29 heavy (non-hydrogen) atoms. The SMILES string of the molecule is C[NH+](CCO)CCCC1=CCCC=C1.Cc1ccc(CCCO)cc1C.O.O=P. The summed E-state index contributed by atoms with van der Waals surface area (Å²) < 4.78 is 8.06. The van der Waals surface area contributed by atoms with Crippen LogP contribution in [0.15, 0.2) is 42.0 Å². The highest BCUT2D eigenvalue weighted by atomic mass is 31.0. The fraction of sp³-hybridized carbons (Fsp3) is 0.565. The highest BCUT2D eigenvalue weighted by Crippen LogP contribution is 2.13. The van der Waals surface area contributed by atoms with Gasteiger partial charge in [-0.3, -0.25) is 4.57 Å². The fourth-order valence-corrected chi connectivity index (χ4v) is 3.01. The minimum absolute atomic E-state index is 0. The third kappa shape index (κ3) is 15.2. The van der Waals surface area contributed by atoms with E-state index in [9.17, 15) is 0 Å². The summed E-state index contributed by atoms with van der Waals surface area (Å²) in [4.78, 5) is 1.42. The molecule has 1 aliphatic rings. The number of hydrogen-bond acceptors (Lipinski definition) is 3. The number of benzene rings is 1. The van der Waals surface area contributed by atoms with Gasteiger partial charge >= 0.3 is 0 Å². The lowest BCUT2D eigenvalue weighted by Gasteiger charge is -2.12. The zero-order valence-corrected chi connectivity index (χ0v) is 19.3. The maximum Gasteiger partial charge on any atom is 0.138 e. The first-order valence-electron chi connectivity index (χ1n) is 10.2. The molecule has 6 heteroatoms. The molecule has 1 aromatic rings. The Kier molecular flexibility index (Phi) is 20.5. The van der Waals surface area contributed by atoms with Crippen LogP contribution in [0.1, 0.15) is 48.8 Å². The summed E-state index contributed by atoms with van der Waals surface area (Å²) in [6.07, 6.45) is 13.6.